The second kappa shape index (κ2) is 11.4. The molecular formula is C18H26N2O8S. The smallest absolute Gasteiger partial charge is 0.341 e. The van der Waals surface area contributed by atoms with Gasteiger partial charge in [0.05, 0.1) is 12.3 Å². The number of unbranched alkanes of at least 4 members (excludes halogenated alkanes) is 2. The van der Waals surface area contributed by atoms with E-state index in [9.17, 15) is 27.9 Å². The van der Waals surface area contributed by atoms with Crippen molar-refractivity contribution in [1.82, 2.24) is 10.0 Å². The Bertz CT molecular complexity index is 838. The summed E-state index contributed by atoms with van der Waals surface area (Å²) in [4.78, 5) is 34.3. The molecule has 0 saturated carbocycles. The molecule has 0 aliphatic carbocycles. The second-order valence-corrected chi connectivity index (χ2v) is 8.23. The Morgan fingerprint density at radius 2 is 1.86 bits per heavy atom. The maximum Gasteiger partial charge on any atom is 0.341 e. The molecular weight excluding hydrogens is 404 g/mol. The first-order valence-electron chi connectivity index (χ1n) is 8.99. The van der Waals surface area contributed by atoms with Crippen molar-refractivity contribution in [2.24, 2.45) is 0 Å². The fraction of sp³-hybridized carbons (Fsp3) is 0.500. The average Bonchev–Trinajstić information content (AvgIpc) is 2.61. The third-order valence-electron chi connectivity index (χ3n) is 3.84. The Hall–Kier alpha value is -2.66. The van der Waals surface area contributed by atoms with E-state index in [-0.39, 0.29) is 29.2 Å². The van der Waals surface area contributed by atoms with Gasteiger partial charge in [0.25, 0.3) is 0 Å². The molecule has 0 saturated heterocycles. The van der Waals surface area contributed by atoms with E-state index in [2.05, 4.69) is 10.0 Å². The van der Waals surface area contributed by atoms with Gasteiger partial charge in [0.2, 0.25) is 15.9 Å². The number of ether oxygens (including phenoxy) is 1. The van der Waals surface area contributed by atoms with Crippen molar-refractivity contribution in [1.29, 1.82) is 0 Å². The van der Waals surface area contributed by atoms with Gasteiger partial charge in [-0.2, -0.15) is 0 Å². The van der Waals surface area contributed by atoms with Crippen LogP contribution in [-0.2, 0) is 19.6 Å². The molecule has 0 aromatic heterocycles. The Morgan fingerprint density at radius 3 is 2.41 bits per heavy atom. The van der Waals surface area contributed by atoms with Crippen LogP contribution in [0.15, 0.2) is 18.2 Å². The number of amides is 1. The van der Waals surface area contributed by atoms with Crippen molar-refractivity contribution < 1.29 is 37.8 Å². The van der Waals surface area contributed by atoms with Crippen molar-refractivity contribution in [3.05, 3.63) is 29.3 Å². The lowest BCUT2D eigenvalue weighted by atomic mass is 10.0. The third-order valence-corrected chi connectivity index (χ3v) is 4.55. The van der Waals surface area contributed by atoms with Gasteiger partial charge in [0.1, 0.15) is 11.3 Å². The van der Waals surface area contributed by atoms with Crippen molar-refractivity contribution in [2.45, 2.75) is 38.6 Å². The van der Waals surface area contributed by atoms with E-state index in [0.29, 0.717) is 6.54 Å². The molecule has 1 aromatic carbocycles. The lowest BCUT2D eigenvalue weighted by molar-refractivity contribution is -0.139. The number of sulfonamides is 1. The third kappa shape index (κ3) is 9.39. The van der Waals surface area contributed by atoms with Crippen LogP contribution < -0.4 is 14.8 Å². The monoisotopic (exact) mass is 430 g/mol. The Kier molecular flexibility index (Phi) is 9.56. The maximum absolute atomic E-state index is 12.2. The minimum atomic E-state index is -3.70. The van der Waals surface area contributed by atoms with Crippen molar-refractivity contribution in [2.75, 3.05) is 19.4 Å². The number of carbonyl (C=O) groups excluding carboxylic acids is 1. The van der Waals surface area contributed by atoms with Gasteiger partial charge in [-0.1, -0.05) is 25.8 Å². The van der Waals surface area contributed by atoms with Gasteiger partial charge in [-0.05, 0) is 24.1 Å². The number of aromatic carboxylic acids is 1. The second-order valence-electron chi connectivity index (χ2n) is 6.45. The summed E-state index contributed by atoms with van der Waals surface area (Å²) >= 11 is 0. The topological polar surface area (TPSA) is 159 Å². The molecule has 0 bridgehead atoms. The van der Waals surface area contributed by atoms with E-state index in [1.807, 2.05) is 6.92 Å². The summed E-state index contributed by atoms with van der Waals surface area (Å²) in [5.41, 5.74) is -0.105. The number of nitrogens with one attached hydrogen (secondary N) is 2. The first-order chi connectivity index (χ1) is 13.5. The normalized spacial score (nSPS) is 12.2. The number of aliphatic carboxylic acids is 1. The predicted octanol–water partition coefficient (Wildman–Crippen LogP) is 1.14. The van der Waals surface area contributed by atoms with Gasteiger partial charge >= 0.3 is 11.9 Å². The number of benzene rings is 1. The van der Waals surface area contributed by atoms with Gasteiger partial charge in [-0.25, -0.2) is 22.7 Å². The molecule has 1 unspecified atom stereocenters. The average molecular weight is 430 g/mol. The summed E-state index contributed by atoms with van der Waals surface area (Å²) in [6.07, 6.45) is 3.44. The number of carbonyl (C=O) groups is 3. The summed E-state index contributed by atoms with van der Waals surface area (Å²) in [5, 5.41) is 20.8. The molecule has 29 heavy (non-hydrogen) atoms. The van der Waals surface area contributed by atoms with Crippen molar-refractivity contribution >= 4 is 27.9 Å². The summed E-state index contributed by atoms with van der Waals surface area (Å²) in [6, 6.07) is 2.78. The van der Waals surface area contributed by atoms with Crippen LogP contribution >= 0.6 is 0 Å². The minimum Gasteiger partial charge on any atom is -0.481 e. The number of hydrogen-bond donors (Lipinski definition) is 4. The van der Waals surface area contributed by atoms with Crippen LogP contribution in [0, 0.1) is 0 Å². The first kappa shape index (κ1) is 24.4. The Balaban J connectivity index is 3.08. The van der Waals surface area contributed by atoms with Crippen LogP contribution in [0.4, 0.5) is 0 Å². The number of hydrogen-bond acceptors (Lipinski definition) is 6. The molecule has 0 fully saturated rings. The van der Waals surface area contributed by atoms with E-state index in [4.69, 9.17) is 9.84 Å². The van der Waals surface area contributed by atoms with E-state index < -0.39 is 34.6 Å². The molecule has 1 amide bonds. The van der Waals surface area contributed by atoms with E-state index in [1.54, 1.807) is 0 Å². The van der Waals surface area contributed by atoms with Gasteiger partial charge in [-0.3, -0.25) is 4.79 Å². The lowest BCUT2D eigenvalue weighted by Gasteiger charge is -2.19. The highest BCUT2D eigenvalue weighted by molar-refractivity contribution is 7.88. The number of carboxylic acid groups (broad SMARTS) is 2. The molecule has 0 heterocycles. The van der Waals surface area contributed by atoms with Gasteiger partial charge < -0.3 is 20.3 Å². The fourth-order valence-electron chi connectivity index (χ4n) is 2.54. The summed E-state index contributed by atoms with van der Waals surface area (Å²) in [5.74, 6) is -3.22. The highest BCUT2D eigenvalue weighted by Crippen LogP contribution is 2.26. The fourth-order valence-corrected chi connectivity index (χ4v) is 3.28. The zero-order valence-corrected chi connectivity index (χ0v) is 17.1. The molecule has 1 aromatic rings. The predicted molar refractivity (Wildman–Crippen MR) is 104 cm³/mol. The van der Waals surface area contributed by atoms with Crippen molar-refractivity contribution in [3.8, 4) is 5.75 Å². The zero-order valence-electron chi connectivity index (χ0n) is 16.3. The lowest BCUT2D eigenvalue weighted by Crippen LogP contribution is -2.33. The molecule has 0 spiro atoms. The molecule has 10 nitrogen and oxygen atoms in total. The SMILES string of the molecule is CCCCCNC(=O)CC(NS(C)(=O)=O)c1ccc(OCC(=O)O)c(C(=O)O)c1. The summed E-state index contributed by atoms with van der Waals surface area (Å²) < 4.78 is 30.7. The van der Waals surface area contributed by atoms with Crippen LogP contribution in [-0.4, -0.2) is 55.9 Å². The molecule has 0 aliphatic rings. The van der Waals surface area contributed by atoms with Gasteiger partial charge in [0.15, 0.2) is 6.61 Å². The number of rotatable bonds is 13. The molecule has 162 valence electrons. The largest absolute Gasteiger partial charge is 0.481 e. The molecule has 0 aliphatic heterocycles. The van der Waals surface area contributed by atoms with Crippen LogP contribution in [0.25, 0.3) is 0 Å². The minimum absolute atomic E-state index is 0.175. The van der Waals surface area contributed by atoms with Gasteiger partial charge in [0, 0.05) is 13.0 Å². The van der Waals surface area contributed by atoms with Crippen molar-refractivity contribution in [3.63, 3.8) is 0 Å². The van der Waals surface area contributed by atoms with E-state index in [1.165, 1.54) is 12.1 Å². The zero-order chi connectivity index (χ0) is 22.0. The van der Waals surface area contributed by atoms with Crippen LogP contribution in [0.3, 0.4) is 0 Å². The highest BCUT2D eigenvalue weighted by Gasteiger charge is 2.23. The van der Waals surface area contributed by atoms with Crippen LogP contribution in [0.2, 0.25) is 0 Å². The van der Waals surface area contributed by atoms with Gasteiger partial charge in [-0.15, -0.1) is 0 Å². The van der Waals surface area contributed by atoms with E-state index >= 15 is 0 Å². The standard InChI is InChI=1S/C18H26N2O8S/c1-3-4-5-8-19-16(21)10-14(20-29(2,26)27)12-6-7-15(28-11-17(22)23)13(9-12)18(24)25/h6-7,9,14,20H,3-5,8,10-11H2,1-2H3,(H,19,21)(H,22,23)(H,24,25). The molecule has 11 heteroatoms. The van der Waals surface area contributed by atoms with Crippen LogP contribution in [0.5, 0.6) is 5.75 Å². The quantitative estimate of drug-likeness (QED) is 0.339. The molecule has 4 N–H and O–H groups in total. The van der Waals surface area contributed by atoms with E-state index in [0.717, 1.165) is 31.6 Å². The molecule has 0 radical (unpaired) electrons. The first-order valence-corrected chi connectivity index (χ1v) is 10.9. The summed E-state index contributed by atoms with van der Waals surface area (Å²) in [6.45, 7) is 1.75. The Morgan fingerprint density at radius 1 is 1.17 bits per heavy atom. The molecule has 1 atom stereocenters. The Labute approximate surface area is 169 Å². The van der Waals surface area contributed by atoms with Crippen LogP contribution in [0.1, 0.15) is 54.6 Å². The summed E-state index contributed by atoms with van der Waals surface area (Å²) in [7, 11) is -3.70. The highest BCUT2D eigenvalue weighted by atomic mass is 32.2. The molecule has 1 rings (SSSR count). The maximum atomic E-state index is 12.2. The number of carboxylic acids is 2.